The van der Waals surface area contributed by atoms with Crippen LogP contribution in [0.1, 0.15) is 6.42 Å². The number of hydrogen-bond acceptors (Lipinski definition) is 2. The summed E-state index contributed by atoms with van der Waals surface area (Å²) in [6, 6.07) is 0. The summed E-state index contributed by atoms with van der Waals surface area (Å²) < 4.78 is 0. The van der Waals surface area contributed by atoms with Crippen LogP contribution in [0, 0.1) is 12.3 Å². The van der Waals surface area contributed by atoms with Gasteiger partial charge in [-0.3, -0.25) is 9.80 Å². The summed E-state index contributed by atoms with van der Waals surface area (Å²) in [5.74, 6) is 2.70. The molecule has 0 amide bonds. The minimum atomic E-state index is 0.777. The van der Waals surface area contributed by atoms with E-state index in [0.717, 1.165) is 39.3 Å². The molecule has 1 saturated heterocycles. The Balaban J connectivity index is 2.29. The van der Waals surface area contributed by atoms with Crippen LogP contribution in [-0.2, 0) is 0 Å². The molecule has 14 heavy (non-hydrogen) atoms. The van der Waals surface area contributed by atoms with Gasteiger partial charge in [-0.25, -0.2) is 0 Å². The molecule has 3 heteroatoms. The molecule has 1 aliphatic rings. The number of terminal acetylenes is 1. The van der Waals surface area contributed by atoms with Crippen LogP contribution in [0.5, 0.6) is 0 Å². The molecule has 1 rings (SSSR count). The van der Waals surface area contributed by atoms with E-state index in [-0.39, 0.29) is 0 Å². The zero-order valence-corrected chi connectivity index (χ0v) is 9.21. The van der Waals surface area contributed by atoms with Crippen molar-refractivity contribution in [3.8, 4) is 12.3 Å². The maximum absolute atomic E-state index is 5.50. The SMILES string of the molecule is C#CCN1CCCN(C/C=C/Cl)CC1. The molecule has 0 radical (unpaired) electrons. The summed E-state index contributed by atoms with van der Waals surface area (Å²) in [5.41, 5.74) is 1.59. The Morgan fingerprint density at radius 1 is 1.21 bits per heavy atom. The zero-order chi connectivity index (χ0) is 10.2. The second kappa shape index (κ2) is 6.89. The highest BCUT2D eigenvalue weighted by Crippen LogP contribution is 2.02. The highest BCUT2D eigenvalue weighted by atomic mass is 35.5. The van der Waals surface area contributed by atoms with E-state index in [1.165, 1.54) is 6.42 Å². The molecule has 0 aliphatic carbocycles. The number of hydrogen-bond donors (Lipinski definition) is 0. The molecule has 1 aliphatic heterocycles. The Hall–Kier alpha value is -0.490. The standard InChI is InChI=1S/C11H17ClN2/c1-2-6-13-8-4-9-14(11-10-13)7-3-5-12/h1,3,5H,4,6-11H2/b5-3+. The predicted octanol–water partition coefficient (Wildman–Crippen LogP) is 1.38. The summed E-state index contributed by atoms with van der Waals surface area (Å²) in [6.45, 7) is 6.14. The van der Waals surface area contributed by atoms with E-state index in [2.05, 4.69) is 15.7 Å². The van der Waals surface area contributed by atoms with Gasteiger partial charge in [-0.1, -0.05) is 23.6 Å². The van der Waals surface area contributed by atoms with E-state index >= 15 is 0 Å². The minimum Gasteiger partial charge on any atom is -0.298 e. The predicted molar refractivity (Wildman–Crippen MR) is 61.3 cm³/mol. The summed E-state index contributed by atoms with van der Waals surface area (Å²) in [7, 11) is 0. The van der Waals surface area contributed by atoms with Gasteiger partial charge in [-0.2, -0.15) is 0 Å². The maximum Gasteiger partial charge on any atom is 0.0599 e. The van der Waals surface area contributed by atoms with Gasteiger partial charge in [-0.05, 0) is 13.0 Å². The van der Waals surface area contributed by atoms with Crippen molar-refractivity contribution >= 4 is 11.6 Å². The molecular weight excluding hydrogens is 196 g/mol. The zero-order valence-electron chi connectivity index (χ0n) is 8.45. The lowest BCUT2D eigenvalue weighted by Crippen LogP contribution is -2.31. The second-order valence-electron chi connectivity index (χ2n) is 3.50. The second-order valence-corrected chi connectivity index (χ2v) is 3.75. The van der Waals surface area contributed by atoms with E-state index < -0.39 is 0 Å². The third-order valence-corrected chi connectivity index (χ3v) is 2.63. The lowest BCUT2D eigenvalue weighted by atomic mass is 10.4. The summed E-state index contributed by atoms with van der Waals surface area (Å²) >= 11 is 5.50. The third kappa shape index (κ3) is 4.15. The van der Waals surface area contributed by atoms with Crippen LogP contribution >= 0.6 is 11.6 Å². The largest absolute Gasteiger partial charge is 0.298 e. The lowest BCUT2D eigenvalue weighted by Gasteiger charge is -2.18. The van der Waals surface area contributed by atoms with Crippen LogP contribution in [0.2, 0.25) is 0 Å². The smallest absolute Gasteiger partial charge is 0.0599 e. The van der Waals surface area contributed by atoms with E-state index in [0.29, 0.717) is 0 Å². The van der Waals surface area contributed by atoms with Crippen LogP contribution < -0.4 is 0 Å². The van der Waals surface area contributed by atoms with Crippen molar-refractivity contribution < 1.29 is 0 Å². The van der Waals surface area contributed by atoms with Crippen molar-refractivity contribution in [2.24, 2.45) is 0 Å². The van der Waals surface area contributed by atoms with Gasteiger partial charge in [0.15, 0.2) is 0 Å². The number of rotatable bonds is 3. The van der Waals surface area contributed by atoms with Crippen LogP contribution in [-0.4, -0.2) is 49.1 Å². The molecule has 0 aromatic rings. The number of halogens is 1. The van der Waals surface area contributed by atoms with Crippen molar-refractivity contribution in [1.29, 1.82) is 0 Å². The molecule has 78 valence electrons. The Kier molecular flexibility index (Phi) is 5.70. The lowest BCUT2D eigenvalue weighted by molar-refractivity contribution is 0.289. The Morgan fingerprint density at radius 2 is 1.93 bits per heavy atom. The maximum atomic E-state index is 5.50. The first-order chi connectivity index (χ1) is 6.86. The molecule has 0 unspecified atom stereocenters. The normalized spacial score (nSPS) is 20.9. The van der Waals surface area contributed by atoms with Crippen molar-refractivity contribution in [3.63, 3.8) is 0 Å². The van der Waals surface area contributed by atoms with Gasteiger partial charge in [0, 0.05) is 31.7 Å². The quantitative estimate of drug-likeness (QED) is 0.653. The van der Waals surface area contributed by atoms with Crippen LogP contribution in [0.25, 0.3) is 0 Å². The molecule has 0 aromatic carbocycles. The van der Waals surface area contributed by atoms with E-state index in [4.69, 9.17) is 18.0 Å². The first kappa shape index (κ1) is 11.6. The highest BCUT2D eigenvalue weighted by molar-refractivity contribution is 6.25. The fourth-order valence-corrected chi connectivity index (χ4v) is 1.76. The van der Waals surface area contributed by atoms with Gasteiger partial charge >= 0.3 is 0 Å². The van der Waals surface area contributed by atoms with Gasteiger partial charge in [0.05, 0.1) is 6.54 Å². The van der Waals surface area contributed by atoms with Gasteiger partial charge in [0.2, 0.25) is 0 Å². The molecule has 0 spiro atoms. The highest BCUT2D eigenvalue weighted by Gasteiger charge is 2.12. The molecule has 0 N–H and O–H groups in total. The van der Waals surface area contributed by atoms with Crippen LogP contribution in [0.3, 0.4) is 0 Å². The molecule has 0 bridgehead atoms. The average Bonchev–Trinajstić information content (AvgIpc) is 2.41. The fraction of sp³-hybridized carbons (Fsp3) is 0.636. The Morgan fingerprint density at radius 3 is 2.64 bits per heavy atom. The van der Waals surface area contributed by atoms with Crippen molar-refractivity contribution in [2.45, 2.75) is 6.42 Å². The Labute approximate surface area is 91.5 Å². The first-order valence-corrected chi connectivity index (χ1v) is 5.44. The van der Waals surface area contributed by atoms with Crippen LogP contribution in [0.4, 0.5) is 0 Å². The van der Waals surface area contributed by atoms with Crippen molar-refractivity contribution in [1.82, 2.24) is 9.80 Å². The molecule has 0 aromatic heterocycles. The van der Waals surface area contributed by atoms with Gasteiger partial charge in [0.25, 0.3) is 0 Å². The van der Waals surface area contributed by atoms with E-state index in [1.54, 1.807) is 5.54 Å². The monoisotopic (exact) mass is 212 g/mol. The van der Waals surface area contributed by atoms with Crippen molar-refractivity contribution in [3.05, 3.63) is 11.6 Å². The summed E-state index contributed by atoms with van der Waals surface area (Å²) in [4.78, 5) is 4.72. The molecule has 0 atom stereocenters. The molecular formula is C11H17ClN2. The average molecular weight is 213 g/mol. The molecule has 1 heterocycles. The van der Waals surface area contributed by atoms with Crippen molar-refractivity contribution in [2.75, 3.05) is 39.3 Å². The van der Waals surface area contributed by atoms with E-state index in [9.17, 15) is 0 Å². The summed E-state index contributed by atoms with van der Waals surface area (Å²) in [5, 5.41) is 0. The molecule has 1 fully saturated rings. The fourth-order valence-electron chi connectivity index (χ4n) is 1.68. The Bertz CT molecular complexity index is 220. The topological polar surface area (TPSA) is 6.48 Å². The minimum absolute atomic E-state index is 0.777. The van der Waals surface area contributed by atoms with Crippen LogP contribution in [0.15, 0.2) is 11.6 Å². The third-order valence-electron chi connectivity index (χ3n) is 2.45. The summed E-state index contributed by atoms with van der Waals surface area (Å²) in [6.07, 6.45) is 8.47. The van der Waals surface area contributed by atoms with Gasteiger partial charge in [0.1, 0.15) is 0 Å². The van der Waals surface area contributed by atoms with Gasteiger partial charge < -0.3 is 0 Å². The molecule has 0 saturated carbocycles. The first-order valence-electron chi connectivity index (χ1n) is 5.00. The number of nitrogens with zero attached hydrogens (tertiary/aromatic N) is 2. The van der Waals surface area contributed by atoms with Gasteiger partial charge in [-0.15, -0.1) is 6.42 Å². The molecule has 2 nitrogen and oxygen atoms in total. The van der Waals surface area contributed by atoms with E-state index in [1.807, 2.05) is 6.08 Å².